The van der Waals surface area contributed by atoms with Crippen LogP contribution in [0, 0.1) is 0 Å². The third kappa shape index (κ3) is 5.47. The number of amides is 1. The number of rotatable bonds is 7. The number of sulfonamides is 1. The molecule has 3 rings (SSSR count). The van der Waals surface area contributed by atoms with E-state index >= 15 is 0 Å². The molecular formula is C20H24N2O4S. The lowest BCUT2D eigenvalue weighted by Gasteiger charge is -2.13. The fourth-order valence-electron chi connectivity index (χ4n) is 2.96. The van der Waals surface area contributed by atoms with Crippen molar-refractivity contribution in [2.75, 3.05) is 15.8 Å². The molecule has 2 aromatic carbocycles. The summed E-state index contributed by atoms with van der Waals surface area (Å²) in [4.78, 5) is 12.3. The lowest BCUT2D eigenvalue weighted by Crippen LogP contribution is -2.15. The number of carbonyl (C=O) groups is 1. The van der Waals surface area contributed by atoms with Gasteiger partial charge >= 0.3 is 0 Å². The number of anilines is 2. The Morgan fingerprint density at radius 1 is 1.00 bits per heavy atom. The number of hydrogen-bond acceptors (Lipinski definition) is 4. The molecule has 0 heterocycles. The fourth-order valence-corrected chi connectivity index (χ4v) is 3.60. The lowest BCUT2D eigenvalue weighted by atomic mass is 10.2. The van der Waals surface area contributed by atoms with Crippen molar-refractivity contribution >= 4 is 27.3 Å². The minimum absolute atomic E-state index is 0.00427. The Balaban J connectivity index is 1.58. The SMILES string of the molecule is CCS(=O)(=O)Nc1ccc(C(=O)Nc2ccc(OC3CCCC3)cc2)cc1. The Labute approximate surface area is 160 Å². The van der Waals surface area contributed by atoms with Gasteiger partial charge in [0.1, 0.15) is 5.75 Å². The Kier molecular flexibility index (Phi) is 6.01. The number of ether oxygens (including phenoxy) is 1. The van der Waals surface area contributed by atoms with Crippen molar-refractivity contribution in [2.24, 2.45) is 0 Å². The zero-order chi connectivity index (χ0) is 19.3. The molecule has 27 heavy (non-hydrogen) atoms. The van der Waals surface area contributed by atoms with Crippen LogP contribution in [0.1, 0.15) is 43.0 Å². The third-order valence-electron chi connectivity index (χ3n) is 4.52. The summed E-state index contributed by atoms with van der Waals surface area (Å²) >= 11 is 0. The molecule has 6 nitrogen and oxygen atoms in total. The number of nitrogens with one attached hydrogen (secondary N) is 2. The predicted molar refractivity (Wildman–Crippen MR) is 107 cm³/mol. The van der Waals surface area contributed by atoms with Gasteiger partial charge in [-0.3, -0.25) is 9.52 Å². The van der Waals surface area contributed by atoms with Crippen LogP contribution in [-0.4, -0.2) is 26.2 Å². The molecule has 0 atom stereocenters. The number of hydrogen-bond donors (Lipinski definition) is 2. The first-order valence-electron chi connectivity index (χ1n) is 9.14. The monoisotopic (exact) mass is 388 g/mol. The second-order valence-electron chi connectivity index (χ2n) is 6.59. The third-order valence-corrected chi connectivity index (χ3v) is 5.82. The average Bonchev–Trinajstić information content (AvgIpc) is 3.17. The Hall–Kier alpha value is -2.54. The minimum Gasteiger partial charge on any atom is -0.490 e. The van der Waals surface area contributed by atoms with Crippen LogP contribution in [0.15, 0.2) is 48.5 Å². The van der Waals surface area contributed by atoms with Crippen LogP contribution in [0.25, 0.3) is 0 Å². The van der Waals surface area contributed by atoms with Crippen LogP contribution >= 0.6 is 0 Å². The van der Waals surface area contributed by atoms with E-state index in [1.165, 1.54) is 12.8 Å². The molecule has 0 saturated heterocycles. The summed E-state index contributed by atoms with van der Waals surface area (Å²) in [5, 5.41) is 2.82. The molecule has 1 amide bonds. The van der Waals surface area contributed by atoms with Crippen LogP contribution in [0.4, 0.5) is 11.4 Å². The van der Waals surface area contributed by atoms with Crippen molar-refractivity contribution in [3.05, 3.63) is 54.1 Å². The van der Waals surface area contributed by atoms with Gasteiger partial charge in [-0.2, -0.15) is 0 Å². The van der Waals surface area contributed by atoms with Crippen LogP contribution < -0.4 is 14.8 Å². The quantitative estimate of drug-likeness (QED) is 0.750. The molecule has 0 spiro atoms. The molecular weight excluding hydrogens is 364 g/mol. The molecule has 144 valence electrons. The number of benzene rings is 2. The van der Waals surface area contributed by atoms with Crippen LogP contribution in [-0.2, 0) is 10.0 Å². The molecule has 2 N–H and O–H groups in total. The molecule has 0 bridgehead atoms. The Bertz CT molecular complexity index is 871. The van der Waals surface area contributed by atoms with E-state index in [0.717, 1.165) is 18.6 Å². The van der Waals surface area contributed by atoms with E-state index in [1.807, 2.05) is 24.3 Å². The van der Waals surface area contributed by atoms with Gasteiger partial charge in [-0.15, -0.1) is 0 Å². The van der Waals surface area contributed by atoms with Gasteiger partial charge in [-0.1, -0.05) is 0 Å². The summed E-state index contributed by atoms with van der Waals surface area (Å²) in [6.45, 7) is 1.56. The highest BCUT2D eigenvalue weighted by Crippen LogP contribution is 2.25. The molecule has 1 saturated carbocycles. The van der Waals surface area contributed by atoms with E-state index in [0.29, 0.717) is 23.0 Å². The second kappa shape index (κ2) is 8.43. The predicted octanol–water partition coefficient (Wildman–Crippen LogP) is 4.02. The minimum atomic E-state index is -3.33. The van der Waals surface area contributed by atoms with Gasteiger partial charge in [-0.25, -0.2) is 8.42 Å². The lowest BCUT2D eigenvalue weighted by molar-refractivity contribution is 0.102. The summed E-state index contributed by atoms with van der Waals surface area (Å²) in [7, 11) is -3.33. The normalized spacial score (nSPS) is 14.7. The van der Waals surface area contributed by atoms with E-state index in [-0.39, 0.29) is 11.7 Å². The second-order valence-corrected chi connectivity index (χ2v) is 8.60. The van der Waals surface area contributed by atoms with E-state index < -0.39 is 10.0 Å². The van der Waals surface area contributed by atoms with Crippen LogP contribution in [0.5, 0.6) is 5.75 Å². The first kappa shape index (κ1) is 19.2. The summed E-state index contributed by atoms with van der Waals surface area (Å²) < 4.78 is 31.5. The van der Waals surface area contributed by atoms with Gasteiger partial charge in [0, 0.05) is 16.9 Å². The van der Waals surface area contributed by atoms with Gasteiger partial charge in [0.15, 0.2) is 0 Å². The van der Waals surface area contributed by atoms with Gasteiger partial charge < -0.3 is 10.1 Å². The van der Waals surface area contributed by atoms with Gasteiger partial charge in [-0.05, 0) is 81.1 Å². The van der Waals surface area contributed by atoms with E-state index in [2.05, 4.69) is 10.0 Å². The van der Waals surface area contributed by atoms with Crippen LogP contribution in [0.2, 0.25) is 0 Å². The summed E-state index contributed by atoms with van der Waals surface area (Å²) in [6, 6.07) is 13.6. The van der Waals surface area contributed by atoms with Crippen molar-refractivity contribution in [1.82, 2.24) is 0 Å². The fraction of sp³-hybridized carbons (Fsp3) is 0.350. The maximum absolute atomic E-state index is 12.3. The first-order chi connectivity index (χ1) is 12.9. The summed E-state index contributed by atoms with van der Waals surface area (Å²) in [5.74, 6) is 0.548. The van der Waals surface area contributed by atoms with E-state index in [1.54, 1.807) is 31.2 Å². The average molecular weight is 388 g/mol. The van der Waals surface area contributed by atoms with E-state index in [9.17, 15) is 13.2 Å². The maximum Gasteiger partial charge on any atom is 0.255 e. The molecule has 0 aliphatic heterocycles. The molecule has 0 unspecified atom stereocenters. The molecule has 1 fully saturated rings. The highest BCUT2D eigenvalue weighted by molar-refractivity contribution is 7.92. The van der Waals surface area contributed by atoms with Gasteiger partial charge in [0.25, 0.3) is 5.91 Å². The van der Waals surface area contributed by atoms with Crippen molar-refractivity contribution in [1.29, 1.82) is 0 Å². The molecule has 1 aliphatic rings. The van der Waals surface area contributed by atoms with Crippen molar-refractivity contribution in [3.63, 3.8) is 0 Å². The van der Waals surface area contributed by atoms with Crippen molar-refractivity contribution < 1.29 is 17.9 Å². The Morgan fingerprint density at radius 2 is 1.59 bits per heavy atom. The molecule has 1 aliphatic carbocycles. The largest absolute Gasteiger partial charge is 0.490 e. The highest BCUT2D eigenvalue weighted by Gasteiger charge is 2.16. The molecule has 0 radical (unpaired) electrons. The molecule has 2 aromatic rings. The molecule has 7 heteroatoms. The smallest absolute Gasteiger partial charge is 0.255 e. The highest BCUT2D eigenvalue weighted by atomic mass is 32.2. The van der Waals surface area contributed by atoms with Gasteiger partial charge in [0.2, 0.25) is 10.0 Å². The molecule has 0 aromatic heterocycles. The zero-order valence-corrected chi connectivity index (χ0v) is 16.1. The van der Waals surface area contributed by atoms with E-state index in [4.69, 9.17) is 4.74 Å². The first-order valence-corrected chi connectivity index (χ1v) is 10.8. The summed E-state index contributed by atoms with van der Waals surface area (Å²) in [6.07, 6.45) is 4.94. The maximum atomic E-state index is 12.3. The standard InChI is InChI=1S/C20H24N2O4S/c1-2-27(24,25)22-17-9-7-15(8-10-17)20(23)21-16-11-13-19(14-12-16)26-18-5-3-4-6-18/h7-14,18,22H,2-6H2,1H3,(H,21,23). The van der Waals surface area contributed by atoms with Crippen molar-refractivity contribution in [3.8, 4) is 5.75 Å². The summed E-state index contributed by atoms with van der Waals surface area (Å²) in [5.41, 5.74) is 1.55. The topological polar surface area (TPSA) is 84.5 Å². The van der Waals surface area contributed by atoms with Crippen molar-refractivity contribution in [2.45, 2.75) is 38.7 Å². The van der Waals surface area contributed by atoms with Gasteiger partial charge in [0.05, 0.1) is 11.9 Å². The number of carbonyl (C=O) groups excluding carboxylic acids is 1. The zero-order valence-electron chi connectivity index (χ0n) is 15.3. The van der Waals surface area contributed by atoms with Crippen LogP contribution in [0.3, 0.4) is 0 Å². The Morgan fingerprint density at radius 3 is 2.19 bits per heavy atom.